The molecule has 3 rings (SSSR count). The van der Waals surface area contributed by atoms with Crippen LogP contribution in [-0.2, 0) is 0 Å². The third-order valence-electron chi connectivity index (χ3n) is 3.93. The first kappa shape index (κ1) is 16.3. The number of hydrogen-bond donors (Lipinski definition) is 1. The molecule has 1 aliphatic rings. The Morgan fingerprint density at radius 1 is 1.54 bits per heavy atom. The zero-order valence-corrected chi connectivity index (χ0v) is 14.0. The van der Waals surface area contributed by atoms with E-state index in [4.69, 9.17) is 0 Å². The van der Waals surface area contributed by atoms with Gasteiger partial charge >= 0.3 is 11.7 Å². The molecular formula is C15H17N5O3S. The van der Waals surface area contributed by atoms with Crippen molar-refractivity contribution in [2.24, 2.45) is 0 Å². The van der Waals surface area contributed by atoms with Gasteiger partial charge in [-0.3, -0.25) is 15.1 Å². The number of urea groups is 1. The van der Waals surface area contributed by atoms with E-state index in [0.717, 1.165) is 29.7 Å². The van der Waals surface area contributed by atoms with Crippen molar-refractivity contribution < 1.29 is 9.72 Å². The van der Waals surface area contributed by atoms with Gasteiger partial charge in [-0.2, -0.15) is 0 Å². The van der Waals surface area contributed by atoms with Crippen molar-refractivity contribution in [1.82, 2.24) is 14.9 Å². The van der Waals surface area contributed by atoms with Gasteiger partial charge in [0.1, 0.15) is 11.9 Å². The third kappa shape index (κ3) is 3.51. The Morgan fingerprint density at radius 2 is 2.38 bits per heavy atom. The molecule has 1 saturated heterocycles. The molecule has 126 valence electrons. The summed E-state index contributed by atoms with van der Waals surface area (Å²) < 4.78 is 0. The number of likely N-dealkylation sites (tertiary alicyclic amines) is 1. The van der Waals surface area contributed by atoms with Crippen LogP contribution in [-0.4, -0.2) is 38.9 Å². The molecule has 2 aromatic heterocycles. The van der Waals surface area contributed by atoms with Crippen LogP contribution in [0.2, 0.25) is 0 Å². The number of thiazole rings is 1. The summed E-state index contributed by atoms with van der Waals surface area (Å²) in [5.74, 6) is 0.218. The molecule has 1 atom stereocenters. The lowest BCUT2D eigenvalue weighted by Gasteiger charge is -2.31. The van der Waals surface area contributed by atoms with Gasteiger partial charge in [0.05, 0.1) is 9.93 Å². The van der Waals surface area contributed by atoms with E-state index in [1.165, 1.54) is 12.3 Å². The predicted octanol–water partition coefficient (Wildman–Crippen LogP) is 3.17. The molecule has 0 spiro atoms. The highest BCUT2D eigenvalue weighted by atomic mass is 32.1. The number of carbonyl (C=O) groups is 1. The summed E-state index contributed by atoms with van der Waals surface area (Å²) in [5, 5.41) is 16.7. The largest absolute Gasteiger partial charge is 0.324 e. The second-order valence-corrected chi connectivity index (χ2v) is 6.58. The Labute approximate surface area is 142 Å². The number of amides is 2. The Bertz CT molecular complexity index is 763. The number of anilines is 1. The van der Waals surface area contributed by atoms with Crippen LogP contribution in [0.1, 0.15) is 29.5 Å². The number of carbonyl (C=O) groups excluding carboxylic acids is 1. The first-order chi connectivity index (χ1) is 11.5. The van der Waals surface area contributed by atoms with Crippen LogP contribution in [0.5, 0.6) is 0 Å². The normalized spacial score (nSPS) is 17.5. The molecule has 1 N–H and O–H groups in total. The number of nitrogens with zero attached hydrogens (tertiary/aromatic N) is 4. The SMILES string of the molecule is Cc1csc([C@@H]2CCCN(C(=O)Nc3ccncc3[N+](=O)[O-])C2)n1. The number of aromatic nitrogens is 2. The van der Waals surface area contributed by atoms with E-state index in [0.29, 0.717) is 13.1 Å². The molecule has 2 aromatic rings. The maximum Gasteiger partial charge on any atom is 0.322 e. The van der Waals surface area contributed by atoms with Crippen molar-refractivity contribution in [1.29, 1.82) is 0 Å². The summed E-state index contributed by atoms with van der Waals surface area (Å²) in [4.78, 5) is 32.9. The predicted molar refractivity (Wildman–Crippen MR) is 90.3 cm³/mol. The quantitative estimate of drug-likeness (QED) is 0.679. The van der Waals surface area contributed by atoms with Gasteiger partial charge in [-0.1, -0.05) is 0 Å². The van der Waals surface area contributed by atoms with Gasteiger partial charge in [-0.15, -0.1) is 11.3 Å². The standard InChI is InChI=1S/C15H17N5O3S/c1-10-9-24-14(17-10)11-3-2-6-19(8-11)15(21)18-12-4-5-16-7-13(12)20(22)23/h4-5,7,9,11H,2-3,6,8H2,1H3,(H,16,18,21)/t11-/m1/s1. The van der Waals surface area contributed by atoms with Gasteiger partial charge < -0.3 is 10.2 Å². The van der Waals surface area contributed by atoms with E-state index in [1.54, 1.807) is 16.2 Å². The minimum Gasteiger partial charge on any atom is -0.324 e. The average molecular weight is 347 g/mol. The number of piperidine rings is 1. The highest BCUT2D eigenvalue weighted by molar-refractivity contribution is 7.09. The number of nitro groups is 1. The van der Waals surface area contributed by atoms with Crippen LogP contribution in [0.4, 0.5) is 16.2 Å². The van der Waals surface area contributed by atoms with Crippen molar-refractivity contribution >= 4 is 28.7 Å². The third-order valence-corrected chi connectivity index (χ3v) is 5.06. The molecule has 2 amide bonds. The summed E-state index contributed by atoms with van der Waals surface area (Å²) in [7, 11) is 0. The smallest absolute Gasteiger partial charge is 0.322 e. The van der Waals surface area contributed by atoms with Gasteiger partial charge in [0.25, 0.3) is 0 Å². The number of rotatable bonds is 3. The summed E-state index contributed by atoms with van der Waals surface area (Å²) in [5.41, 5.74) is 0.936. The zero-order chi connectivity index (χ0) is 17.1. The summed E-state index contributed by atoms with van der Waals surface area (Å²) in [6, 6.07) is 1.10. The summed E-state index contributed by atoms with van der Waals surface area (Å²) >= 11 is 1.61. The lowest BCUT2D eigenvalue weighted by atomic mass is 9.99. The second-order valence-electron chi connectivity index (χ2n) is 5.69. The molecule has 1 fully saturated rings. The average Bonchev–Trinajstić information content (AvgIpc) is 3.02. The topological polar surface area (TPSA) is 101 Å². The monoisotopic (exact) mass is 347 g/mol. The van der Waals surface area contributed by atoms with Crippen molar-refractivity contribution in [3.05, 3.63) is 44.7 Å². The Morgan fingerprint density at radius 3 is 3.08 bits per heavy atom. The van der Waals surface area contributed by atoms with E-state index in [2.05, 4.69) is 15.3 Å². The van der Waals surface area contributed by atoms with Crippen LogP contribution < -0.4 is 5.32 Å². The maximum absolute atomic E-state index is 12.5. The van der Waals surface area contributed by atoms with E-state index < -0.39 is 4.92 Å². The highest BCUT2D eigenvalue weighted by Gasteiger charge is 2.27. The van der Waals surface area contributed by atoms with Crippen LogP contribution in [0.25, 0.3) is 0 Å². The number of aryl methyl sites for hydroxylation is 1. The van der Waals surface area contributed by atoms with Gasteiger partial charge in [0.15, 0.2) is 0 Å². The molecule has 0 aromatic carbocycles. The Kier molecular flexibility index (Phi) is 4.70. The minimum absolute atomic E-state index is 0.159. The molecule has 0 bridgehead atoms. The maximum atomic E-state index is 12.5. The molecule has 1 aliphatic heterocycles. The minimum atomic E-state index is -0.556. The fraction of sp³-hybridized carbons (Fsp3) is 0.400. The second kappa shape index (κ2) is 6.91. The molecule has 3 heterocycles. The number of nitrogens with one attached hydrogen (secondary N) is 1. The zero-order valence-electron chi connectivity index (χ0n) is 13.1. The van der Waals surface area contributed by atoms with Crippen LogP contribution in [0, 0.1) is 17.0 Å². The van der Waals surface area contributed by atoms with Gasteiger partial charge in [0, 0.05) is 36.3 Å². The molecule has 0 unspecified atom stereocenters. The van der Waals surface area contributed by atoms with E-state index in [9.17, 15) is 14.9 Å². The number of pyridine rings is 1. The molecule has 24 heavy (non-hydrogen) atoms. The van der Waals surface area contributed by atoms with Crippen molar-refractivity contribution in [3.8, 4) is 0 Å². The first-order valence-electron chi connectivity index (χ1n) is 7.61. The van der Waals surface area contributed by atoms with Crippen molar-refractivity contribution in [2.75, 3.05) is 18.4 Å². The molecule has 0 radical (unpaired) electrons. The summed E-state index contributed by atoms with van der Waals surface area (Å²) in [6.45, 7) is 3.15. The van der Waals surface area contributed by atoms with E-state index >= 15 is 0 Å². The first-order valence-corrected chi connectivity index (χ1v) is 8.49. The van der Waals surface area contributed by atoms with Crippen LogP contribution in [0.15, 0.2) is 23.8 Å². The van der Waals surface area contributed by atoms with E-state index in [1.807, 2.05) is 12.3 Å². The van der Waals surface area contributed by atoms with E-state index in [-0.39, 0.29) is 23.3 Å². The molecule has 8 nitrogen and oxygen atoms in total. The van der Waals surface area contributed by atoms with Gasteiger partial charge in [-0.05, 0) is 25.8 Å². The lowest BCUT2D eigenvalue weighted by molar-refractivity contribution is -0.384. The van der Waals surface area contributed by atoms with Gasteiger partial charge in [-0.25, -0.2) is 9.78 Å². The van der Waals surface area contributed by atoms with Crippen molar-refractivity contribution in [2.45, 2.75) is 25.7 Å². The summed E-state index contributed by atoms with van der Waals surface area (Å²) in [6.07, 6.45) is 4.42. The Hall–Kier alpha value is -2.55. The Balaban J connectivity index is 1.70. The molecule has 0 saturated carbocycles. The lowest BCUT2D eigenvalue weighted by Crippen LogP contribution is -2.41. The molecular weight excluding hydrogens is 330 g/mol. The fourth-order valence-electron chi connectivity index (χ4n) is 2.75. The molecule has 9 heteroatoms. The van der Waals surface area contributed by atoms with Crippen LogP contribution in [0.3, 0.4) is 0 Å². The molecule has 0 aliphatic carbocycles. The van der Waals surface area contributed by atoms with Gasteiger partial charge in [0.2, 0.25) is 0 Å². The fourth-order valence-corrected chi connectivity index (χ4v) is 3.68. The number of hydrogen-bond acceptors (Lipinski definition) is 6. The van der Waals surface area contributed by atoms with Crippen LogP contribution >= 0.6 is 11.3 Å². The highest BCUT2D eigenvalue weighted by Crippen LogP contribution is 2.30. The van der Waals surface area contributed by atoms with Crippen molar-refractivity contribution in [3.63, 3.8) is 0 Å².